The zero-order chi connectivity index (χ0) is 13.0. The number of carboxylic acid groups (broad SMARTS) is 1. The third kappa shape index (κ3) is 3.04. The second-order valence-corrected chi connectivity index (χ2v) is 5.88. The first kappa shape index (κ1) is 13.8. The van der Waals surface area contributed by atoms with Gasteiger partial charge in [0.25, 0.3) is 0 Å². The summed E-state index contributed by atoms with van der Waals surface area (Å²) in [6, 6.07) is 0. The average molecular weight is 255 g/mol. The van der Waals surface area contributed by atoms with Gasteiger partial charge in [0.05, 0.1) is 5.41 Å². The molecule has 2 aliphatic heterocycles. The average Bonchev–Trinajstić information content (AvgIpc) is 2.78. The zero-order valence-corrected chi connectivity index (χ0v) is 11.4. The fourth-order valence-electron chi connectivity index (χ4n) is 3.33. The molecule has 104 valence electrons. The standard InChI is InChI=1S/C14H25NO3/c1-2-3-12-4-7-15(10-12)11-14(13(16)17)5-8-18-9-6-14/h12H,2-11H2,1H3,(H,16,17). The van der Waals surface area contributed by atoms with Gasteiger partial charge in [-0.25, -0.2) is 0 Å². The lowest BCUT2D eigenvalue weighted by Crippen LogP contribution is -2.46. The molecule has 1 N–H and O–H groups in total. The quantitative estimate of drug-likeness (QED) is 0.816. The monoisotopic (exact) mass is 255 g/mol. The Bertz CT molecular complexity index is 287. The number of hydrogen-bond donors (Lipinski definition) is 1. The van der Waals surface area contributed by atoms with E-state index >= 15 is 0 Å². The van der Waals surface area contributed by atoms with Crippen LogP contribution in [0.25, 0.3) is 0 Å². The highest BCUT2D eigenvalue weighted by atomic mass is 16.5. The van der Waals surface area contributed by atoms with Crippen molar-refractivity contribution in [3.05, 3.63) is 0 Å². The molecule has 0 aromatic rings. The van der Waals surface area contributed by atoms with Gasteiger partial charge >= 0.3 is 5.97 Å². The first-order valence-corrected chi connectivity index (χ1v) is 7.20. The minimum Gasteiger partial charge on any atom is -0.481 e. The van der Waals surface area contributed by atoms with Crippen molar-refractivity contribution in [1.82, 2.24) is 4.90 Å². The van der Waals surface area contributed by atoms with Crippen LogP contribution < -0.4 is 0 Å². The Labute approximate surface area is 109 Å². The molecular weight excluding hydrogens is 230 g/mol. The van der Waals surface area contributed by atoms with Gasteiger partial charge < -0.3 is 14.7 Å². The highest BCUT2D eigenvalue weighted by Crippen LogP contribution is 2.34. The van der Waals surface area contributed by atoms with Gasteiger partial charge in [0.1, 0.15) is 0 Å². The molecule has 18 heavy (non-hydrogen) atoms. The maximum absolute atomic E-state index is 11.6. The van der Waals surface area contributed by atoms with Crippen LogP contribution in [0, 0.1) is 11.3 Å². The number of aliphatic carboxylic acids is 1. The largest absolute Gasteiger partial charge is 0.481 e. The molecule has 2 rings (SSSR count). The van der Waals surface area contributed by atoms with E-state index in [0.29, 0.717) is 32.6 Å². The summed E-state index contributed by atoms with van der Waals surface area (Å²) in [7, 11) is 0. The summed E-state index contributed by atoms with van der Waals surface area (Å²) in [5, 5.41) is 9.54. The number of likely N-dealkylation sites (tertiary alicyclic amines) is 1. The molecule has 0 aromatic heterocycles. The van der Waals surface area contributed by atoms with E-state index in [-0.39, 0.29) is 0 Å². The maximum atomic E-state index is 11.6. The van der Waals surface area contributed by atoms with Crippen LogP contribution in [0.4, 0.5) is 0 Å². The second-order valence-electron chi connectivity index (χ2n) is 5.88. The number of hydrogen-bond acceptors (Lipinski definition) is 3. The Morgan fingerprint density at radius 2 is 2.17 bits per heavy atom. The van der Waals surface area contributed by atoms with E-state index in [9.17, 15) is 9.90 Å². The van der Waals surface area contributed by atoms with Crippen molar-refractivity contribution >= 4 is 5.97 Å². The van der Waals surface area contributed by atoms with Gasteiger partial charge in [-0.15, -0.1) is 0 Å². The number of carboxylic acids is 1. The van der Waals surface area contributed by atoms with Crippen LogP contribution in [-0.2, 0) is 9.53 Å². The van der Waals surface area contributed by atoms with Crippen LogP contribution in [0.15, 0.2) is 0 Å². The lowest BCUT2D eigenvalue weighted by molar-refractivity contribution is -0.156. The molecule has 1 unspecified atom stereocenters. The summed E-state index contributed by atoms with van der Waals surface area (Å²) >= 11 is 0. The molecule has 4 nitrogen and oxygen atoms in total. The van der Waals surface area contributed by atoms with Gasteiger partial charge in [0, 0.05) is 26.3 Å². The summed E-state index contributed by atoms with van der Waals surface area (Å²) in [5.74, 6) is 0.144. The molecule has 0 aliphatic carbocycles. The summed E-state index contributed by atoms with van der Waals surface area (Å²) in [5.41, 5.74) is -0.556. The molecule has 2 heterocycles. The van der Waals surface area contributed by atoms with Crippen LogP contribution in [0.5, 0.6) is 0 Å². The molecule has 2 saturated heterocycles. The van der Waals surface area contributed by atoms with Gasteiger partial charge in [0.15, 0.2) is 0 Å². The van der Waals surface area contributed by atoms with E-state index in [0.717, 1.165) is 19.0 Å². The highest BCUT2D eigenvalue weighted by Gasteiger charge is 2.42. The molecule has 0 aromatic carbocycles. The molecule has 1 atom stereocenters. The first-order chi connectivity index (χ1) is 8.66. The number of nitrogens with zero attached hydrogens (tertiary/aromatic N) is 1. The second kappa shape index (κ2) is 6.02. The molecular formula is C14H25NO3. The van der Waals surface area contributed by atoms with Crippen LogP contribution >= 0.6 is 0 Å². The Kier molecular flexibility index (Phi) is 4.62. The topological polar surface area (TPSA) is 49.8 Å². The molecule has 2 aliphatic rings. The predicted molar refractivity (Wildman–Crippen MR) is 69.6 cm³/mol. The van der Waals surface area contributed by atoms with Crippen LogP contribution in [0.2, 0.25) is 0 Å². The zero-order valence-electron chi connectivity index (χ0n) is 11.4. The minimum atomic E-state index is -0.634. The first-order valence-electron chi connectivity index (χ1n) is 7.20. The molecule has 0 bridgehead atoms. The van der Waals surface area contributed by atoms with Gasteiger partial charge in [-0.05, 0) is 38.1 Å². The fraction of sp³-hybridized carbons (Fsp3) is 0.929. The van der Waals surface area contributed by atoms with Crippen molar-refractivity contribution in [2.45, 2.75) is 39.0 Å². The molecule has 0 spiro atoms. The fourth-order valence-corrected chi connectivity index (χ4v) is 3.33. The van der Waals surface area contributed by atoms with E-state index < -0.39 is 11.4 Å². The van der Waals surface area contributed by atoms with Crippen molar-refractivity contribution in [3.8, 4) is 0 Å². The molecule has 2 fully saturated rings. The van der Waals surface area contributed by atoms with E-state index in [1.54, 1.807) is 0 Å². The highest BCUT2D eigenvalue weighted by molar-refractivity contribution is 5.75. The smallest absolute Gasteiger partial charge is 0.311 e. The number of ether oxygens (including phenoxy) is 1. The number of carbonyl (C=O) groups is 1. The Hall–Kier alpha value is -0.610. The predicted octanol–water partition coefficient (Wildman–Crippen LogP) is 1.99. The van der Waals surface area contributed by atoms with Crippen molar-refractivity contribution in [1.29, 1.82) is 0 Å². The van der Waals surface area contributed by atoms with Gasteiger partial charge in [0.2, 0.25) is 0 Å². The maximum Gasteiger partial charge on any atom is 0.311 e. The number of rotatable bonds is 5. The van der Waals surface area contributed by atoms with Crippen LogP contribution in [0.3, 0.4) is 0 Å². The normalized spacial score (nSPS) is 28.4. The van der Waals surface area contributed by atoms with E-state index in [4.69, 9.17) is 4.74 Å². The Morgan fingerprint density at radius 3 is 2.78 bits per heavy atom. The Balaban J connectivity index is 1.92. The SMILES string of the molecule is CCCC1CCN(CC2(C(=O)O)CCOCC2)C1. The minimum absolute atomic E-state index is 0.556. The van der Waals surface area contributed by atoms with Crippen LogP contribution in [0.1, 0.15) is 39.0 Å². The van der Waals surface area contributed by atoms with E-state index in [2.05, 4.69) is 11.8 Å². The summed E-state index contributed by atoms with van der Waals surface area (Å²) in [6.07, 6.45) is 5.07. The van der Waals surface area contributed by atoms with Gasteiger partial charge in [-0.3, -0.25) is 4.79 Å². The molecule has 0 radical (unpaired) electrons. The van der Waals surface area contributed by atoms with E-state index in [1.165, 1.54) is 19.3 Å². The molecule has 0 amide bonds. The molecule has 4 heteroatoms. The third-order valence-corrected chi connectivity index (χ3v) is 4.50. The third-order valence-electron chi connectivity index (χ3n) is 4.50. The van der Waals surface area contributed by atoms with E-state index in [1.807, 2.05) is 0 Å². The molecule has 0 saturated carbocycles. The van der Waals surface area contributed by atoms with Gasteiger partial charge in [-0.2, -0.15) is 0 Å². The van der Waals surface area contributed by atoms with Crippen molar-refractivity contribution in [2.75, 3.05) is 32.8 Å². The van der Waals surface area contributed by atoms with Crippen LogP contribution in [-0.4, -0.2) is 48.8 Å². The lowest BCUT2D eigenvalue weighted by Gasteiger charge is -2.36. The summed E-state index contributed by atoms with van der Waals surface area (Å²) in [4.78, 5) is 13.9. The van der Waals surface area contributed by atoms with Crippen molar-refractivity contribution in [2.24, 2.45) is 11.3 Å². The van der Waals surface area contributed by atoms with Gasteiger partial charge in [-0.1, -0.05) is 13.3 Å². The van der Waals surface area contributed by atoms with Crippen molar-refractivity contribution in [3.63, 3.8) is 0 Å². The lowest BCUT2D eigenvalue weighted by atomic mass is 9.80. The Morgan fingerprint density at radius 1 is 1.44 bits per heavy atom. The summed E-state index contributed by atoms with van der Waals surface area (Å²) < 4.78 is 5.32. The van der Waals surface area contributed by atoms with Crippen molar-refractivity contribution < 1.29 is 14.6 Å². The summed E-state index contributed by atoms with van der Waals surface area (Å²) in [6.45, 7) is 6.28.